The minimum Gasteiger partial charge on any atom is -0.481 e. The number of hydrogen-bond acceptors (Lipinski definition) is 4. The van der Waals surface area contributed by atoms with Crippen molar-refractivity contribution >= 4 is 17.0 Å². The number of carboxylic acid groups (broad SMARTS) is 1. The molecule has 3 rings (SSSR count). The van der Waals surface area contributed by atoms with Gasteiger partial charge in [0, 0.05) is 38.5 Å². The summed E-state index contributed by atoms with van der Waals surface area (Å²) in [6, 6.07) is 7.86. The molecule has 0 saturated carbocycles. The average Bonchev–Trinajstić information content (AvgIpc) is 2.98. The minimum absolute atomic E-state index is 0.0196. The zero-order chi connectivity index (χ0) is 20.4. The van der Waals surface area contributed by atoms with E-state index in [-0.39, 0.29) is 12.2 Å². The summed E-state index contributed by atoms with van der Waals surface area (Å²) in [5.74, 6) is -0.574. The normalized spacial score (nSPS) is 12.4. The van der Waals surface area contributed by atoms with E-state index in [1.165, 1.54) is 7.11 Å². The number of nitrogens with zero attached hydrogens (tertiary/aromatic N) is 3. The number of fused-ring (bicyclic) bond motifs is 1. The zero-order valence-corrected chi connectivity index (χ0v) is 16.6. The quantitative estimate of drug-likeness (QED) is 0.678. The summed E-state index contributed by atoms with van der Waals surface area (Å²) in [4.78, 5) is 28.0. The van der Waals surface area contributed by atoms with Gasteiger partial charge >= 0.3 is 5.97 Å². The van der Waals surface area contributed by atoms with Crippen molar-refractivity contribution in [2.75, 3.05) is 13.7 Å². The Morgan fingerprint density at radius 1 is 1.29 bits per heavy atom. The highest BCUT2D eigenvalue weighted by molar-refractivity contribution is 5.81. The third kappa shape index (κ3) is 3.84. The molecule has 0 aliphatic heterocycles. The zero-order valence-electron chi connectivity index (χ0n) is 16.6. The third-order valence-electron chi connectivity index (χ3n) is 5.06. The number of methoxy groups -OCH3 is 1. The Hall–Kier alpha value is -2.93. The third-order valence-corrected chi connectivity index (χ3v) is 5.06. The molecule has 1 atom stereocenters. The van der Waals surface area contributed by atoms with Gasteiger partial charge in [-0.05, 0) is 43.5 Å². The van der Waals surface area contributed by atoms with E-state index < -0.39 is 11.9 Å². The SMILES string of the molecule is COC[C@H](CCc1ccc2c(c1)nc(-c1cc(C)c(=O)n(C)c1)n2C)C(=O)O. The van der Waals surface area contributed by atoms with E-state index >= 15 is 0 Å². The highest BCUT2D eigenvalue weighted by Gasteiger charge is 2.18. The van der Waals surface area contributed by atoms with Crippen LogP contribution in [0.3, 0.4) is 0 Å². The minimum atomic E-state index is -0.840. The van der Waals surface area contributed by atoms with E-state index in [0.29, 0.717) is 18.4 Å². The van der Waals surface area contributed by atoms with E-state index in [2.05, 4.69) is 0 Å². The van der Waals surface area contributed by atoms with Gasteiger partial charge in [0.05, 0.1) is 23.6 Å². The van der Waals surface area contributed by atoms with Crippen molar-refractivity contribution in [2.45, 2.75) is 19.8 Å². The van der Waals surface area contributed by atoms with Crippen LogP contribution in [-0.4, -0.2) is 38.9 Å². The molecule has 0 spiro atoms. The maximum atomic E-state index is 12.0. The van der Waals surface area contributed by atoms with Crippen LogP contribution >= 0.6 is 0 Å². The highest BCUT2D eigenvalue weighted by atomic mass is 16.5. The van der Waals surface area contributed by atoms with Gasteiger partial charge in [0.25, 0.3) is 5.56 Å². The molecule has 28 heavy (non-hydrogen) atoms. The number of ether oxygens (including phenoxy) is 1. The Balaban J connectivity index is 1.92. The lowest BCUT2D eigenvalue weighted by Gasteiger charge is -2.10. The molecule has 2 heterocycles. The first-order valence-electron chi connectivity index (χ1n) is 9.16. The van der Waals surface area contributed by atoms with E-state index in [9.17, 15) is 14.7 Å². The van der Waals surface area contributed by atoms with Crippen LogP contribution in [0.25, 0.3) is 22.4 Å². The summed E-state index contributed by atoms with van der Waals surface area (Å²) >= 11 is 0. The molecule has 0 bridgehead atoms. The molecule has 2 aromatic heterocycles. The largest absolute Gasteiger partial charge is 0.481 e. The maximum Gasteiger partial charge on any atom is 0.308 e. The van der Waals surface area contributed by atoms with E-state index in [4.69, 9.17) is 9.72 Å². The number of rotatable bonds is 7. The molecule has 0 aliphatic carbocycles. The predicted octanol–water partition coefficient (Wildman–Crippen LogP) is 2.53. The highest BCUT2D eigenvalue weighted by Crippen LogP contribution is 2.25. The van der Waals surface area contributed by atoms with Crippen LogP contribution < -0.4 is 5.56 Å². The number of aryl methyl sites for hydroxylation is 4. The number of carboxylic acids is 1. The fourth-order valence-electron chi connectivity index (χ4n) is 3.48. The maximum absolute atomic E-state index is 12.0. The van der Waals surface area contributed by atoms with Gasteiger partial charge < -0.3 is 19.0 Å². The van der Waals surface area contributed by atoms with Gasteiger partial charge in [0.1, 0.15) is 5.82 Å². The van der Waals surface area contributed by atoms with Crippen LogP contribution in [-0.2, 0) is 30.0 Å². The second kappa shape index (κ2) is 7.98. The van der Waals surface area contributed by atoms with Crippen LogP contribution in [0.1, 0.15) is 17.5 Å². The number of aliphatic carboxylic acids is 1. The van der Waals surface area contributed by atoms with Crippen molar-refractivity contribution in [1.82, 2.24) is 14.1 Å². The molecule has 0 aliphatic rings. The molecule has 1 aromatic carbocycles. The average molecular weight is 383 g/mol. The van der Waals surface area contributed by atoms with Gasteiger partial charge in [-0.15, -0.1) is 0 Å². The lowest BCUT2D eigenvalue weighted by molar-refractivity contribution is -0.143. The summed E-state index contributed by atoms with van der Waals surface area (Å²) in [5.41, 5.74) is 4.40. The lowest BCUT2D eigenvalue weighted by Crippen LogP contribution is -2.19. The second-order valence-electron chi connectivity index (χ2n) is 7.17. The fourth-order valence-corrected chi connectivity index (χ4v) is 3.48. The lowest BCUT2D eigenvalue weighted by atomic mass is 10.00. The van der Waals surface area contributed by atoms with Gasteiger partial charge in [-0.25, -0.2) is 4.98 Å². The van der Waals surface area contributed by atoms with Crippen LogP contribution in [0, 0.1) is 12.8 Å². The monoisotopic (exact) mass is 383 g/mol. The number of hydrogen-bond donors (Lipinski definition) is 1. The van der Waals surface area contributed by atoms with Gasteiger partial charge in [-0.1, -0.05) is 6.07 Å². The van der Waals surface area contributed by atoms with Gasteiger partial charge in [0.2, 0.25) is 0 Å². The Kier molecular flexibility index (Phi) is 5.65. The Labute approximate surface area is 163 Å². The van der Waals surface area contributed by atoms with E-state index in [1.807, 2.05) is 35.9 Å². The van der Waals surface area contributed by atoms with E-state index in [1.54, 1.807) is 24.7 Å². The van der Waals surface area contributed by atoms with Crippen LogP contribution in [0.15, 0.2) is 35.3 Å². The second-order valence-corrected chi connectivity index (χ2v) is 7.17. The van der Waals surface area contributed by atoms with Gasteiger partial charge in [-0.3, -0.25) is 9.59 Å². The van der Waals surface area contributed by atoms with Gasteiger partial charge in [-0.2, -0.15) is 0 Å². The summed E-state index contributed by atoms with van der Waals surface area (Å²) in [5, 5.41) is 9.26. The summed E-state index contributed by atoms with van der Waals surface area (Å²) in [7, 11) is 5.20. The topological polar surface area (TPSA) is 86.4 Å². The van der Waals surface area contributed by atoms with Crippen molar-refractivity contribution < 1.29 is 14.6 Å². The Morgan fingerprint density at radius 3 is 2.68 bits per heavy atom. The molecule has 0 radical (unpaired) electrons. The van der Waals surface area contributed by atoms with Crippen LogP contribution in [0.2, 0.25) is 0 Å². The molecule has 7 heteroatoms. The fraction of sp³-hybridized carbons (Fsp3) is 0.381. The van der Waals surface area contributed by atoms with Crippen molar-refractivity contribution in [3.05, 3.63) is 51.9 Å². The van der Waals surface area contributed by atoms with Crippen LogP contribution in [0.5, 0.6) is 0 Å². The van der Waals surface area contributed by atoms with Crippen molar-refractivity contribution in [3.8, 4) is 11.4 Å². The van der Waals surface area contributed by atoms with Gasteiger partial charge in [0.15, 0.2) is 0 Å². The standard InChI is InChI=1S/C21H25N3O4/c1-13-9-16(11-23(2)20(13)25)19-22-17-10-14(6-8-18(17)24(19)3)5-7-15(12-28-4)21(26)27/h6,8-11,15H,5,7,12H2,1-4H3,(H,26,27)/t15-/m0/s1. The summed E-state index contributed by atoms with van der Waals surface area (Å²) in [6.45, 7) is 2.00. The molecule has 148 valence electrons. The number of pyridine rings is 1. The molecule has 1 N–H and O–H groups in total. The molecule has 7 nitrogen and oxygen atoms in total. The van der Waals surface area contributed by atoms with Crippen LogP contribution in [0.4, 0.5) is 0 Å². The number of benzene rings is 1. The van der Waals surface area contributed by atoms with Crippen molar-refractivity contribution in [3.63, 3.8) is 0 Å². The first-order chi connectivity index (χ1) is 13.3. The summed E-state index contributed by atoms with van der Waals surface area (Å²) in [6.07, 6.45) is 2.94. The first-order valence-corrected chi connectivity index (χ1v) is 9.16. The van der Waals surface area contributed by atoms with E-state index in [0.717, 1.165) is 28.0 Å². The smallest absolute Gasteiger partial charge is 0.308 e. The van der Waals surface area contributed by atoms with Crippen molar-refractivity contribution in [1.29, 1.82) is 0 Å². The molecule has 0 saturated heterocycles. The number of aromatic nitrogens is 3. The molecular weight excluding hydrogens is 358 g/mol. The first kappa shape index (κ1) is 19.8. The predicted molar refractivity (Wildman–Crippen MR) is 107 cm³/mol. The molecular formula is C21H25N3O4. The number of imidazole rings is 1. The summed E-state index contributed by atoms with van der Waals surface area (Å²) < 4.78 is 8.57. The molecule has 0 unspecified atom stereocenters. The molecule has 0 amide bonds. The van der Waals surface area contributed by atoms with Crippen molar-refractivity contribution in [2.24, 2.45) is 20.0 Å². The Morgan fingerprint density at radius 2 is 2.04 bits per heavy atom. The number of carbonyl (C=O) groups is 1. The molecule has 0 fully saturated rings. The Bertz CT molecular complexity index is 1050. The molecule has 3 aromatic rings.